The molecule has 0 saturated carbocycles. The normalized spacial score (nSPS) is 10.1. The number of benzene rings is 1. The molecule has 0 bridgehead atoms. The van der Waals surface area contributed by atoms with E-state index >= 15 is 0 Å². The molecule has 2 rings (SSSR count). The molecule has 14 heavy (non-hydrogen) atoms. The van der Waals surface area contributed by atoms with Gasteiger partial charge in [0, 0.05) is 5.39 Å². The fraction of sp³-hybridized carbons (Fsp3) is 0.0909. The van der Waals surface area contributed by atoms with E-state index in [9.17, 15) is 4.79 Å². The maximum absolute atomic E-state index is 11.4. The first-order valence-electron chi connectivity index (χ1n) is 4.17. The number of para-hydroxylation sites is 1. The van der Waals surface area contributed by atoms with Crippen LogP contribution in [0.5, 0.6) is 0 Å². The van der Waals surface area contributed by atoms with Crippen molar-refractivity contribution in [1.82, 2.24) is 4.98 Å². The maximum Gasteiger partial charge on any atom is 0.340 e. The standard InChI is InChI=1S/C11H8NO2/c1-14-11(13)9-6-2-4-8-5-3-7-12-10(8)9/h2-6H,1H3. The molecule has 0 aliphatic carbocycles. The number of nitrogens with zero attached hydrogens (tertiary/aromatic N) is 1. The quantitative estimate of drug-likeness (QED) is 0.638. The summed E-state index contributed by atoms with van der Waals surface area (Å²) in [4.78, 5) is 15.4. The molecule has 69 valence electrons. The van der Waals surface area contributed by atoms with E-state index in [1.807, 2.05) is 12.1 Å². The van der Waals surface area contributed by atoms with Gasteiger partial charge in [0.25, 0.3) is 0 Å². The Bertz CT molecular complexity index is 474. The minimum Gasteiger partial charge on any atom is -0.465 e. The van der Waals surface area contributed by atoms with Crippen molar-refractivity contribution in [3.8, 4) is 0 Å². The van der Waals surface area contributed by atoms with E-state index in [-0.39, 0.29) is 5.97 Å². The van der Waals surface area contributed by atoms with Crippen molar-refractivity contribution < 1.29 is 9.53 Å². The van der Waals surface area contributed by atoms with Gasteiger partial charge in [-0.2, -0.15) is 0 Å². The second-order valence-corrected chi connectivity index (χ2v) is 2.81. The molecule has 0 aliphatic heterocycles. The predicted molar refractivity (Wildman–Crippen MR) is 51.9 cm³/mol. The van der Waals surface area contributed by atoms with Gasteiger partial charge < -0.3 is 4.74 Å². The van der Waals surface area contributed by atoms with Crippen LogP contribution in [0.25, 0.3) is 10.9 Å². The number of methoxy groups -OCH3 is 1. The van der Waals surface area contributed by atoms with Crippen molar-refractivity contribution >= 4 is 16.9 Å². The number of carbonyl (C=O) groups is 1. The molecular weight excluding hydrogens is 178 g/mol. The molecule has 1 radical (unpaired) electrons. The van der Waals surface area contributed by atoms with Crippen LogP contribution in [0.3, 0.4) is 0 Å². The highest BCUT2D eigenvalue weighted by atomic mass is 16.5. The summed E-state index contributed by atoms with van der Waals surface area (Å²) in [6, 6.07) is 8.95. The molecule has 0 fully saturated rings. The summed E-state index contributed by atoms with van der Waals surface area (Å²) < 4.78 is 4.65. The van der Waals surface area contributed by atoms with Crippen LogP contribution >= 0.6 is 0 Å². The Morgan fingerprint density at radius 3 is 3.07 bits per heavy atom. The zero-order valence-electron chi connectivity index (χ0n) is 7.65. The van der Waals surface area contributed by atoms with Crippen molar-refractivity contribution in [3.05, 3.63) is 42.1 Å². The molecule has 1 aromatic heterocycles. The molecule has 1 aromatic carbocycles. The van der Waals surface area contributed by atoms with Gasteiger partial charge in [0.05, 0.1) is 24.4 Å². The van der Waals surface area contributed by atoms with Gasteiger partial charge in [0.1, 0.15) is 0 Å². The first-order valence-corrected chi connectivity index (χ1v) is 4.17. The van der Waals surface area contributed by atoms with Crippen LogP contribution in [0.2, 0.25) is 0 Å². The van der Waals surface area contributed by atoms with E-state index in [2.05, 4.69) is 15.9 Å². The molecular formula is C11H8NO2. The van der Waals surface area contributed by atoms with Crippen LogP contribution in [-0.2, 0) is 4.74 Å². The van der Waals surface area contributed by atoms with E-state index < -0.39 is 0 Å². The van der Waals surface area contributed by atoms with Gasteiger partial charge in [-0.25, -0.2) is 9.78 Å². The second-order valence-electron chi connectivity index (χ2n) is 2.81. The van der Waals surface area contributed by atoms with Crippen LogP contribution in [-0.4, -0.2) is 18.1 Å². The average molecular weight is 186 g/mol. The highest BCUT2D eigenvalue weighted by Gasteiger charge is 2.09. The number of hydrogen-bond acceptors (Lipinski definition) is 3. The van der Waals surface area contributed by atoms with E-state index in [1.165, 1.54) is 7.11 Å². The van der Waals surface area contributed by atoms with Gasteiger partial charge >= 0.3 is 5.97 Å². The SMILES string of the molecule is COC(=O)c1cccc2cc[c]nc12. The Hall–Kier alpha value is -1.90. The van der Waals surface area contributed by atoms with Crippen molar-refractivity contribution in [1.29, 1.82) is 0 Å². The Kier molecular flexibility index (Phi) is 2.14. The van der Waals surface area contributed by atoms with Crippen molar-refractivity contribution in [2.24, 2.45) is 0 Å². The van der Waals surface area contributed by atoms with Crippen molar-refractivity contribution in [3.63, 3.8) is 0 Å². The first-order chi connectivity index (χ1) is 6.83. The third kappa shape index (κ3) is 1.33. The van der Waals surface area contributed by atoms with Crippen LogP contribution in [0.15, 0.2) is 30.3 Å². The number of fused-ring (bicyclic) bond motifs is 1. The Balaban J connectivity index is 2.71. The van der Waals surface area contributed by atoms with Crippen molar-refractivity contribution in [2.75, 3.05) is 7.11 Å². The third-order valence-corrected chi connectivity index (χ3v) is 1.99. The monoisotopic (exact) mass is 186 g/mol. The van der Waals surface area contributed by atoms with E-state index in [0.717, 1.165) is 5.39 Å². The van der Waals surface area contributed by atoms with E-state index in [4.69, 9.17) is 0 Å². The molecule has 3 heteroatoms. The summed E-state index contributed by atoms with van der Waals surface area (Å²) in [5, 5.41) is 0.909. The molecule has 0 spiro atoms. The second kappa shape index (κ2) is 3.46. The molecule has 0 unspecified atom stereocenters. The summed E-state index contributed by atoms with van der Waals surface area (Å²) in [5.41, 5.74) is 1.10. The van der Waals surface area contributed by atoms with Gasteiger partial charge in [0.15, 0.2) is 0 Å². The number of rotatable bonds is 1. The van der Waals surface area contributed by atoms with E-state index in [0.29, 0.717) is 11.1 Å². The number of pyridine rings is 1. The van der Waals surface area contributed by atoms with Gasteiger partial charge in [-0.05, 0) is 12.1 Å². The van der Waals surface area contributed by atoms with Crippen LogP contribution in [0, 0.1) is 6.20 Å². The number of ether oxygens (including phenoxy) is 1. The zero-order valence-corrected chi connectivity index (χ0v) is 7.65. The predicted octanol–water partition coefficient (Wildman–Crippen LogP) is 1.82. The Morgan fingerprint density at radius 2 is 2.29 bits per heavy atom. The van der Waals surface area contributed by atoms with Gasteiger partial charge in [-0.3, -0.25) is 0 Å². The minimum absolute atomic E-state index is 0.373. The maximum atomic E-state index is 11.4. The lowest BCUT2D eigenvalue weighted by molar-refractivity contribution is 0.0603. The highest BCUT2D eigenvalue weighted by Crippen LogP contribution is 2.16. The van der Waals surface area contributed by atoms with E-state index in [1.54, 1.807) is 18.2 Å². The highest BCUT2D eigenvalue weighted by molar-refractivity contribution is 6.02. The number of carbonyl (C=O) groups excluding carboxylic acids is 1. The zero-order chi connectivity index (χ0) is 9.97. The smallest absolute Gasteiger partial charge is 0.340 e. The Morgan fingerprint density at radius 1 is 1.43 bits per heavy atom. The van der Waals surface area contributed by atoms with Gasteiger partial charge in [-0.15, -0.1) is 0 Å². The average Bonchev–Trinajstić information content (AvgIpc) is 2.27. The Labute approximate surface area is 81.3 Å². The molecule has 0 aliphatic rings. The minimum atomic E-state index is -0.373. The first kappa shape index (κ1) is 8.69. The molecule has 1 heterocycles. The fourth-order valence-electron chi connectivity index (χ4n) is 1.32. The molecule has 0 N–H and O–H groups in total. The number of aromatic nitrogens is 1. The lowest BCUT2D eigenvalue weighted by Gasteiger charge is -2.02. The summed E-state index contributed by atoms with van der Waals surface area (Å²) in [7, 11) is 1.35. The van der Waals surface area contributed by atoms with Gasteiger partial charge in [-0.1, -0.05) is 18.2 Å². The largest absolute Gasteiger partial charge is 0.465 e. The lowest BCUT2D eigenvalue weighted by Crippen LogP contribution is -2.02. The summed E-state index contributed by atoms with van der Waals surface area (Å²) in [5.74, 6) is -0.373. The van der Waals surface area contributed by atoms with Crippen LogP contribution in [0.4, 0.5) is 0 Å². The molecule has 2 aromatic rings. The molecule has 0 amide bonds. The van der Waals surface area contributed by atoms with Crippen LogP contribution in [0.1, 0.15) is 10.4 Å². The van der Waals surface area contributed by atoms with Crippen molar-refractivity contribution in [2.45, 2.75) is 0 Å². The summed E-state index contributed by atoms with van der Waals surface area (Å²) in [6.45, 7) is 0. The lowest BCUT2D eigenvalue weighted by atomic mass is 10.1. The fourth-order valence-corrected chi connectivity index (χ4v) is 1.32. The summed E-state index contributed by atoms with van der Waals surface area (Å²) >= 11 is 0. The topological polar surface area (TPSA) is 39.2 Å². The van der Waals surface area contributed by atoms with Crippen LogP contribution < -0.4 is 0 Å². The van der Waals surface area contributed by atoms with Gasteiger partial charge in [0.2, 0.25) is 0 Å². The number of hydrogen-bond donors (Lipinski definition) is 0. The molecule has 3 nitrogen and oxygen atoms in total. The summed E-state index contributed by atoms with van der Waals surface area (Å²) in [6.07, 6.45) is 2.70. The third-order valence-electron chi connectivity index (χ3n) is 1.99. The molecule has 0 saturated heterocycles. The molecule has 0 atom stereocenters. The number of esters is 1.